The number of hydrogen-bond acceptors (Lipinski definition) is 5. The molecule has 0 aliphatic carbocycles. The van der Waals surface area contributed by atoms with Gasteiger partial charge in [-0.15, -0.1) is 0 Å². The van der Waals surface area contributed by atoms with Crippen molar-refractivity contribution >= 4 is 23.2 Å². The van der Waals surface area contributed by atoms with Crippen LogP contribution in [-0.2, 0) is 16.0 Å². The van der Waals surface area contributed by atoms with Crippen LogP contribution in [0.5, 0.6) is 0 Å². The molecule has 0 radical (unpaired) electrons. The molecule has 104 valence electrons. The molecule has 0 unspecified atom stereocenters. The van der Waals surface area contributed by atoms with E-state index in [9.17, 15) is 10.1 Å². The van der Waals surface area contributed by atoms with Gasteiger partial charge in [0.2, 0.25) is 0 Å². The van der Waals surface area contributed by atoms with Gasteiger partial charge in [0, 0.05) is 6.20 Å². The largest absolute Gasteiger partial charge is 0.465 e. The molecular formula is C14H15N3O2S. The first-order valence-electron chi connectivity index (χ1n) is 6.39. The molecule has 0 N–H and O–H groups in total. The first kappa shape index (κ1) is 14.4. The van der Waals surface area contributed by atoms with Crippen molar-refractivity contribution < 1.29 is 9.53 Å². The fourth-order valence-corrected chi connectivity index (χ4v) is 2.60. The number of ether oxygens (including phenoxy) is 1. The fraction of sp³-hybridized carbons (Fsp3) is 0.357. The van der Waals surface area contributed by atoms with E-state index in [0.29, 0.717) is 17.2 Å². The first-order chi connectivity index (χ1) is 9.69. The number of esters is 1. The Kier molecular flexibility index (Phi) is 4.64. The van der Waals surface area contributed by atoms with E-state index in [0.717, 1.165) is 17.5 Å². The zero-order chi connectivity index (χ0) is 14.5. The van der Waals surface area contributed by atoms with Crippen LogP contribution in [0.1, 0.15) is 25.0 Å². The van der Waals surface area contributed by atoms with Crippen molar-refractivity contribution in [3.05, 3.63) is 29.5 Å². The summed E-state index contributed by atoms with van der Waals surface area (Å²) in [7, 11) is 0. The maximum absolute atomic E-state index is 11.4. The summed E-state index contributed by atoms with van der Waals surface area (Å²) in [6, 6.07) is 6.10. The predicted molar refractivity (Wildman–Crippen MR) is 76.6 cm³/mol. The third-order valence-corrected chi connectivity index (χ3v) is 3.76. The zero-order valence-electron chi connectivity index (χ0n) is 11.4. The second kappa shape index (κ2) is 6.44. The van der Waals surface area contributed by atoms with Crippen molar-refractivity contribution in [1.82, 2.24) is 9.61 Å². The predicted octanol–water partition coefficient (Wildman–Crippen LogP) is 2.42. The number of aryl methyl sites for hydroxylation is 1. The molecule has 2 rings (SSSR count). The molecule has 20 heavy (non-hydrogen) atoms. The Morgan fingerprint density at radius 2 is 2.35 bits per heavy atom. The van der Waals surface area contributed by atoms with Gasteiger partial charge in [0.15, 0.2) is 0 Å². The molecule has 2 heterocycles. The highest BCUT2D eigenvalue weighted by molar-refractivity contribution is 7.99. The minimum atomic E-state index is -0.298. The molecule has 6 heteroatoms. The van der Waals surface area contributed by atoms with E-state index in [2.05, 4.69) is 18.1 Å². The lowest BCUT2D eigenvalue weighted by Crippen LogP contribution is -2.06. The molecule has 0 amide bonds. The van der Waals surface area contributed by atoms with Gasteiger partial charge in [-0.25, -0.2) is 4.52 Å². The van der Waals surface area contributed by atoms with Gasteiger partial charge in [0.1, 0.15) is 16.7 Å². The van der Waals surface area contributed by atoms with E-state index >= 15 is 0 Å². The average Bonchev–Trinajstić information content (AvgIpc) is 2.81. The standard InChI is InChI=1S/C14H15N3O2S/c1-3-10-5-6-17-12(7-10)11(8-15)14(16-17)20-9-13(18)19-4-2/h5-7H,3-4,9H2,1-2H3. The van der Waals surface area contributed by atoms with Gasteiger partial charge < -0.3 is 4.74 Å². The summed E-state index contributed by atoms with van der Waals surface area (Å²) in [6.07, 6.45) is 2.74. The summed E-state index contributed by atoms with van der Waals surface area (Å²) in [6.45, 7) is 4.18. The van der Waals surface area contributed by atoms with E-state index in [1.165, 1.54) is 11.8 Å². The van der Waals surface area contributed by atoms with Crippen LogP contribution < -0.4 is 0 Å². The van der Waals surface area contributed by atoms with Gasteiger partial charge in [-0.2, -0.15) is 10.4 Å². The lowest BCUT2D eigenvalue weighted by atomic mass is 10.2. The molecule has 0 aliphatic heterocycles. The molecule has 0 atom stereocenters. The number of carbonyl (C=O) groups excluding carboxylic acids is 1. The maximum Gasteiger partial charge on any atom is 0.316 e. The van der Waals surface area contributed by atoms with Crippen LogP contribution >= 0.6 is 11.8 Å². The average molecular weight is 289 g/mol. The number of pyridine rings is 1. The second-order valence-electron chi connectivity index (χ2n) is 4.10. The summed E-state index contributed by atoms with van der Waals surface area (Å²) in [4.78, 5) is 11.4. The molecular weight excluding hydrogens is 274 g/mol. The molecule has 0 saturated carbocycles. The normalized spacial score (nSPS) is 10.4. The number of carbonyl (C=O) groups is 1. The highest BCUT2D eigenvalue weighted by Crippen LogP contribution is 2.25. The SMILES string of the molecule is CCOC(=O)CSc1nn2ccc(CC)cc2c1C#N. The summed E-state index contributed by atoms with van der Waals surface area (Å²) >= 11 is 1.23. The van der Waals surface area contributed by atoms with Crippen LogP contribution in [0.15, 0.2) is 23.4 Å². The zero-order valence-corrected chi connectivity index (χ0v) is 12.2. The van der Waals surface area contributed by atoms with Crippen LogP contribution in [0.3, 0.4) is 0 Å². The number of fused-ring (bicyclic) bond motifs is 1. The van der Waals surface area contributed by atoms with Gasteiger partial charge in [-0.3, -0.25) is 4.79 Å². The molecule has 0 aromatic carbocycles. The topological polar surface area (TPSA) is 67.4 Å². The summed E-state index contributed by atoms with van der Waals surface area (Å²) in [5, 5.41) is 14.2. The number of nitrogens with zero attached hydrogens (tertiary/aromatic N) is 3. The van der Waals surface area contributed by atoms with Crippen LogP contribution in [-0.4, -0.2) is 27.9 Å². The van der Waals surface area contributed by atoms with Crippen molar-refractivity contribution in [2.45, 2.75) is 25.3 Å². The minimum Gasteiger partial charge on any atom is -0.465 e. The number of rotatable bonds is 5. The van der Waals surface area contributed by atoms with Crippen LogP contribution in [0.2, 0.25) is 0 Å². The monoisotopic (exact) mass is 289 g/mol. The second-order valence-corrected chi connectivity index (χ2v) is 5.07. The van der Waals surface area contributed by atoms with Gasteiger partial charge >= 0.3 is 5.97 Å². The lowest BCUT2D eigenvalue weighted by Gasteiger charge is -1.99. The van der Waals surface area contributed by atoms with Crippen molar-refractivity contribution in [1.29, 1.82) is 5.26 Å². The van der Waals surface area contributed by atoms with Gasteiger partial charge in [-0.05, 0) is 31.0 Å². The highest BCUT2D eigenvalue weighted by atomic mass is 32.2. The number of nitriles is 1. The number of hydrogen-bond donors (Lipinski definition) is 0. The lowest BCUT2D eigenvalue weighted by molar-refractivity contribution is -0.139. The Balaban J connectivity index is 2.30. The fourth-order valence-electron chi connectivity index (χ4n) is 1.82. The molecule has 0 spiro atoms. The molecule has 0 fully saturated rings. The molecule has 0 aliphatic rings. The first-order valence-corrected chi connectivity index (χ1v) is 7.38. The van der Waals surface area contributed by atoms with Gasteiger partial charge in [-0.1, -0.05) is 18.7 Å². The van der Waals surface area contributed by atoms with Crippen LogP contribution in [0.25, 0.3) is 5.52 Å². The quantitative estimate of drug-likeness (QED) is 0.624. The molecule has 0 bridgehead atoms. The summed E-state index contributed by atoms with van der Waals surface area (Å²) in [5.74, 6) is -0.139. The summed E-state index contributed by atoms with van der Waals surface area (Å²) < 4.78 is 6.54. The van der Waals surface area contributed by atoms with Gasteiger partial charge in [0.05, 0.1) is 17.9 Å². The van der Waals surface area contributed by atoms with Crippen molar-refractivity contribution in [2.24, 2.45) is 0 Å². The Bertz CT molecular complexity index is 673. The maximum atomic E-state index is 11.4. The highest BCUT2D eigenvalue weighted by Gasteiger charge is 2.15. The molecule has 0 saturated heterocycles. The van der Waals surface area contributed by atoms with Crippen LogP contribution in [0, 0.1) is 11.3 Å². The Morgan fingerprint density at radius 3 is 3.00 bits per heavy atom. The van der Waals surface area contributed by atoms with E-state index < -0.39 is 0 Å². The third-order valence-electron chi connectivity index (χ3n) is 2.82. The third kappa shape index (κ3) is 2.94. The molecule has 5 nitrogen and oxygen atoms in total. The smallest absolute Gasteiger partial charge is 0.316 e. The van der Waals surface area contributed by atoms with Crippen molar-refractivity contribution in [2.75, 3.05) is 12.4 Å². The minimum absolute atomic E-state index is 0.160. The van der Waals surface area contributed by atoms with Crippen molar-refractivity contribution in [3.8, 4) is 6.07 Å². The van der Waals surface area contributed by atoms with E-state index in [4.69, 9.17) is 4.74 Å². The molecule has 2 aromatic rings. The van der Waals surface area contributed by atoms with E-state index in [1.54, 1.807) is 11.4 Å². The van der Waals surface area contributed by atoms with Crippen molar-refractivity contribution in [3.63, 3.8) is 0 Å². The molecule has 2 aromatic heterocycles. The van der Waals surface area contributed by atoms with Gasteiger partial charge in [0.25, 0.3) is 0 Å². The Labute approximate surface area is 121 Å². The van der Waals surface area contributed by atoms with Crippen LogP contribution in [0.4, 0.5) is 0 Å². The number of aromatic nitrogens is 2. The summed E-state index contributed by atoms with van der Waals surface area (Å²) in [5.41, 5.74) is 2.43. The Hall–Kier alpha value is -2.00. The number of thioether (sulfide) groups is 1. The van der Waals surface area contributed by atoms with E-state index in [1.807, 2.05) is 18.3 Å². The van der Waals surface area contributed by atoms with E-state index in [-0.39, 0.29) is 11.7 Å². The Morgan fingerprint density at radius 1 is 1.55 bits per heavy atom.